The molecule has 0 spiro atoms. The summed E-state index contributed by atoms with van der Waals surface area (Å²) in [6, 6.07) is 12.6. The number of hydrogen-bond donors (Lipinski definition) is 2. The summed E-state index contributed by atoms with van der Waals surface area (Å²) in [6.45, 7) is 0.980. The molecule has 0 saturated carbocycles. The maximum Gasteiger partial charge on any atom is 0.269 e. The smallest absolute Gasteiger partial charge is 0.269 e. The van der Waals surface area contributed by atoms with Crippen molar-refractivity contribution < 1.29 is 14.1 Å². The van der Waals surface area contributed by atoms with Crippen LogP contribution in [0.5, 0.6) is 0 Å². The fourth-order valence-electron chi connectivity index (χ4n) is 2.31. The van der Waals surface area contributed by atoms with E-state index in [4.69, 9.17) is 0 Å². The van der Waals surface area contributed by atoms with Crippen molar-refractivity contribution in [2.75, 3.05) is 18.4 Å². The van der Waals surface area contributed by atoms with Gasteiger partial charge in [-0.3, -0.25) is 14.9 Å². The van der Waals surface area contributed by atoms with Crippen LogP contribution in [0.25, 0.3) is 0 Å². The summed E-state index contributed by atoms with van der Waals surface area (Å²) in [5.41, 5.74) is 1.40. The Labute approximate surface area is 145 Å². The molecule has 7 heteroatoms. The average molecular weight is 345 g/mol. The Morgan fingerprint density at radius 1 is 1.08 bits per heavy atom. The maximum absolute atomic E-state index is 13.4. The van der Waals surface area contributed by atoms with E-state index in [0.29, 0.717) is 37.9 Å². The molecule has 0 heterocycles. The molecule has 2 rings (SSSR count). The summed E-state index contributed by atoms with van der Waals surface area (Å²) >= 11 is 0. The summed E-state index contributed by atoms with van der Waals surface area (Å²) in [4.78, 5) is 21.9. The van der Waals surface area contributed by atoms with Crippen LogP contribution >= 0.6 is 0 Å². The van der Waals surface area contributed by atoms with Crippen LogP contribution in [-0.2, 0) is 11.2 Å². The number of nitro benzene ring substituents is 1. The van der Waals surface area contributed by atoms with Crippen molar-refractivity contribution in [2.24, 2.45) is 0 Å². The zero-order valence-electron chi connectivity index (χ0n) is 13.7. The van der Waals surface area contributed by atoms with Crippen LogP contribution in [0.4, 0.5) is 15.8 Å². The fourth-order valence-corrected chi connectivity index (χ4v) is 2.31. The largest absolute Gasteiger partial charge is 0.385 e. The first-order chi connectivity index (χ1) is 12.1. The lowest BCUT2D eigenvalue weighted by molar-refractivity contribution is -0.384. The van der Waals surface area contributed by atoms with E-state index in [0.717, 1.165) is 5.69 Å². The molecular formula is C18H20FN3O3. The van der Waals surface area contributed by atoms with Gasteiger partial charge < -0.3 is 10.6 Å². The Kier molecular flexibility index (Phi) is 6.88. The molecule has 0 unspecified atom stereocenters. The molecule has 0 fully saturated rings. The van der Waals surface area contributed by atoms with Gasteiger partial charge in [-0.25, -0.2) is 4.39 Å². The van der Waals surface area contributed by atoms with E-state index in [9.17, 15) is 19.3 Å². The van der Waals surface area contributed by atoms with Crippen LogP contribution in [-0.4, -0.2) is 23.9 Å². The normalized spacial score (nSPS) is 10.3. The number of amides is 1. The van der Waals surface area contributed by atoms with Gasteiger partial charge in [0.2, 0.25) is 5.91 Å². The molecule has 0 aliphatic heterocycles. The highest BCUT2D eigenvalue weighted by molar-refractivity contribution is 5.75. The monoisotopic (exact) mass is 345 g/mol. The standard InChI is InChI=1S/C18H20FN3O3/c19-17-5-2-1-4-14(17)11-13-21-18(23)6-3-12-20-15-7-9-16(10-8-15)22(24)25/h1-2,4-5,7-10,20H,3,6,11-13H2,(H,21,23). The summed E-state index contributed by atoms with van der Waals surface area (Å²) in [5, 5.41) is 16.4. The number of non-ortho nitro benzene ring substituents is 1. The predicted molar refractivity (Wildman–Crippen MR) is 93.9 cm³/mol. The molecule has 2 N–H and O–H groups in total. The minimum absolute atomic E-state index is 0.0415. The molecule has 132 valence electrons. The van der Waals surface area contributed by atoms with E-state index in [2.05, 4.69) is 10.6 Å². The number of rotatable bonds is 9. The lowest BCUT2D eigenvalue weighted by Gasteiger charge is -2.08. The third-order valence-corrected chi connectivity index (χ3v) is 3.66. The molecule has 2 aromatic rings. The second-order valence-electron chi connectivity index (χ2n) is 5.53. The Bertz CT molecular complexity index is 720. The molecule has 0 aliphatic rings. The first kappa shape index (κ1) is 18.4. The summed E-state index contributed by atoms with van der Waals surface area (Å²) in [6.07, 6.45) is 1.44. The van der Waals surface area contributed by atoms with Gasteiger partial charge >= 0.3 is 0 Å². The minimum atomic E-state index is -0.449. The van der Waals surface area contributed by atoms with Crippen molar-refractivity contribution >= 4 is 17.3 Å². The lowest BCUT2D eigenvalue weighted by atomic mass is 10.1. The Hall–Kier alpha value is -2.96. The van der Waals surface area contributed by atoms with Gasteiger partial charge in [-0.05, 0) is 36.6 Å². The highest BCUT2D eigenvalue weighted by atomic mass is 19.1. The molecule has 0 bridgehead atoms. The van der Waals surface area contributed by atoms with Crippen molar-refractivity contribution in [1.29, 1.82) is 0 Å². The number of nitrogens with zero attached hydrogens (tertiary/aromatic N) is 1. The number of halogens is 1. The third-order valence-electron chi connectivity index (χ3n) is 3.66. The SMILES string of the molecule is O=C(CCCNc1ccc([N+](=O)[O-])cc1)NCCc1ccccc1F. The van der Waals surface area contributed by atoms with Crippen LogP contribution in [0.3, 0.4) is 0 Å². The number of carbonyl (C=O) groups is 1. The van der Waals surface area contributed by atoms with Gasteiger partial charge in [-0.1, -0.05) is 18.2 Å². The molecule has 6 nitrogen and oxygen atoms in total. The van der Waals surface area contributed by atoms with E-state index < -0.39 is 4.92 Å². The third kappa shape index (κ3) is 6.21. The van der Waals surface area contributed by atoms with Gasteiger partial charge in [-0.15, -0.1) is 0 Å². The molecule has 0 radical (unpaired) electrons. The fraction of sp³-hybridized carbons (Fsp3) is 0.278. The predicted octanol–water partition coefficient (Wildman–Crippen LogP) is 3.28. The van der Waals surface area contributed by atoms with Gasteiger partial charge in [0.1, 0.15) is 5.82 Å². The van der Waals surface area contributed by atoms with Crippen molar-refractivity contribution in [2.45, 2.75) is 19.3 Å². The molecule has 0 saturated heterocycles. The van der Waals surface area contributed by atoms with Crippen molar-refractivity contribution in [1.82, 2.24) is 5.32 Å². The average Bonchev–Trinajstić information content (AvgIpc) is 2.61. The first-order valence-electron chi connectivity index (χ1n) is 8.04. The quantitative estimate of drug-likeness (QED) is 0.415. The van der Waals surface area contributed by atoms with E-state index in [1.165, 1.54) is 18.2 Å². The Morgan fingerprint density at radius 3 is 2.48 bits per heavy atom. The zero-order chi connectivity index (χ0) is 18.1. The van der Waals surface area contributed by atoms with Crippen LogP contribution in [0.15, 0.2) is 48.5 Å². The van der Waals surface area contributed by atoms with Crippen molar-refractivity contribution in [3.05, 3.63) is 70.0 Å². The molecule has 0 atom stereocenters. The highest BCUT2D eigenvalue weighted by Crippen LogP contribution is 2.15. The molecular weight excluding hydrogens is 325 g/mol. The van der Waals surface area contributed by atoms with Crippen LogP contribution < -0.4 is 10.6 Å². The van der Waals surface area contributed by atoms with Crippen LogP contribution in [0.1, 0.15) is 18.4 Å². The second-order valence-corrected chi connectivity index (χ2v) is 5.53. The number of anilines is 1. The Morgan fingerprint density at radius 2 is 1.80 bits per heavy atom. The van der Waals surface area contributed by atoms with Crippen molar-refractivity contribution in [3.63, 3.8) is 0 Å². The summed E-state index contributed by atoms with van der Waals surface area (Å²) in [5.74, 6) is -0.342. The second kappa shape index (κ2) is 9.36. The number of nitro groups is 1. The molecule has 1 amide bonds. The molecule has 0 aromatic heterocycles. The first-order valence-corrected chi connectivity index (χ1v) is 8.04. The summed E-state index contributed by atoms with van der Waals surface area (Å²) < 4.78 is 13.4. The van der Waals surface area contributed by atoms with Crippen LogP contribution in [0.2, 0.25) is 0 Å². The van der Waals surface area contributed by atoms with Gasteiger partial charge in [0.25, 0.3) is 5.69 Å². The summed E-state index contributed by atoms with van der Waals surface area (Å²) in [7, 11) is 0. The van der Waals surface area contributed by atoms with Gasteiger partial charge in [0.15, 0.2) is 0 Å². The molecule has 2 aromatic carbocycles. The molecule has 0 aliphatic carbocycles. The number of nitrogens with one attached hydrogen (secondary N) is 2. The Balaban J connectivity index is 1.60. The molecule has 25 heavy (non-hydrogen) atoms. The van der Waals surface area contributed by atoms with E-state index in [1.54, 1.807) is 30.3 Å². The number of benzene rings is 2. The maximum atomic E-state index is 13.4. The minimum Gasteiger partial charge on any atom is -0.385 e. The highest BCUT2D eigenvalue weighted by Gasteiger charge is 2.05. The van der Waals surface area contributed by atoms with E-state index in [-0.39, 0.29) is 17.4 Å². The van der Waals surface area contributed by atoms with Gasteiger partial charge in [0, 0.05) is 37.3 Å². The topological polar surface area (TPSA) is 84.3 Å². The van der Waals surface area contributed by atoms with E-state index in [1.807, 2.05) is 0 Å². The van der Waals surface area contributed by atoms with Gasteiger partial charge in [0.05, 0.1) is 4.92 Å². The van der Waals surface area contributed by atoms with E-state index >= 15 is 0 Å². The zero-order valence-corrected chi connectivity index (χ0v) is 13.7. The number of carbonyl (C=O) groups excluding carboxylic acids is 1. The van der Waals surface area contributed by atoms with Crippen molar-refractivity contribution in [3.8, 4) is 0 Å². The lowest BCUT2D eigenvalue weighted by Crippen LogP contribution is -2.26. The van der Waals surface area contributed by atoms with Gasteiger partial charge in [-0.2, -0.15) is 0 Å². The van der Waals surface area contributed by atoms with Crippen LogP contribution in [0, 0.1) is 15.9 Å². The number of hydrogen-bond acceptors (Lipinski definition) is 4.